The van der Waals surface area contributed by atoms with Gasteiger partial charge in [0.25, 0.3) is 5.91 Å². The van der Waals surface area contributed by atoms with E-state index in [-0.39, 0.29) is 17.7 Å². The van der Waals surface area contributed by atoms with Gasteiger partial charge in [0.15, 0.2) is 5.16 Å². The Bertz CT molecular complexity index is 1440. The first kappa shape index (κ1) is 23.8. The van der Waals surface area contributed by atoms with Gasteiger partial charge in [0, 0.05) is 13.0 Å². The van der Waals surface area contributed by atoms with Crippen molar-refractivity contribution in [2.24, 2.45) is 5.10 Å². The van der Waals surface area contributed by atoms with Crippen molar-refractivity contribution in [2.75, 3.05) is 12.9 Å². The fourth-order valence-corrected chi connectivity index (χ4v) is 5.22. The quantitative estimate of drug-likeness (QED) is 0.241. The number of benzene rings is 3. The Labute approximate surface area is 214 Å². The van der Waals surface area contributed by atoms with Gasteiger partial charge < -0.3 is 9.30 Å². The lowest BCUT2D eigenvalue weighted by Gasteiger charge is -2.22. The van der Waals surface area contributed by atoms with Gasteiger partial charge in [-0.25, -0.2) is 5.01 Å². The van der Waals surface area contributed by atoms with Crippen LogP contribution in [0, 0.1) is 6.92 Å². The molecular weight excluding hydrogens is 470 g/mol. The zero-order chi connectivity index (χ0) is 25.1. The van der Waals surface area contributed by atoms with Gasteiger partial charge in [-0.1, -0.05) is 66.4 Å². The first-order chi connectivity index (χ1) is 17.6. The average Bonchev–Trinajstić information content (AvgIpc) is 3.51. The number of rotatable bonds is 8. The Kier molecular flexibility index (Phi) is 6.86. The molecule has 0 fully saturated rings. The standard InChI is InChI=1S/C28H27N5O2S/c1-4-15-32-19(2)29-30-28(32)36-18-27(34)33-26(21-11-13-24(35-3)14-12-21)17-25(31-33)23-10-9-20-7-5-6-8-22(20)16-23/h4-14,16,26H,1,15,17-18H2,2-3H3. The number of carbonyl (C=O) groups excluding carboxylic acids is 1. The number of aromatic nitrogens is 3. The third-order valence-corrected chi connectivity index (χ3v) is 7.24. The lowest BCUT2D eigenvalue weighted by atomic mass is 9.97. The molecule has 4 aromatic rings. The van der Waals surface area contributed by atoms with Crippen LogP contribution in [0.25, 0.3) is 10.8 Å². The van der Waals surface area contributed by atoms with Gasteiger partial charge in [0.1, 0.15) is 11.6 Å². The van der Waals surface area contributed by atoms with Gasteiger partial charge in [-0.05, 0) is 47.0 Å². The summed E-state index contributed by atoms with van der Waals surface area (Å²) in [6.45, 7) is 6.29. The molecule has 1 atom stereocenters. The number of hydrazone groups is 1. The second-order valence-electron chi connectivity index (χ2n) is 8.56. The number of hydrogen-bond donors (Lipinski definition) is 0. The second-order valence-corrected chi connectivity index (χ2v) is 9.50. The molecule has 0 aliphatic carbocycles. The van der Waals surface area contributed by atoms with E-state index in [4.69, 9.17) is 9.84 Å². The van der Waals surface area contributed by atoms with E-state index in [1.807, 2.05) is 47.9 Å². The molecule has 1 aromatic heterocycles. The van der Waals surface area contributed by atoms with Crippen LogP contribution in [-0.4, -0.2) is 44.3 Å². The maximum absolute atomic E-state index is 13.5. The minimum absolute atomic E-state index is 0.0811. The Balaban J connectivity index is 1.43. The molecular formula is C28H27N5O2S. The van der Waals surface area contributed by atoms with E-state index in [2.05, 4.69) is 47.1 Å². The highest BCUT2D eigenvalue weighted by molar-refractivity contribution is 7.99. The van der Waals surface area contributed by atoms with Crippen LogP contribution in [0.3, 0.4) is 0 Å². The fraction of sp³-hybridized carbons (Fsp3) is 0.214. The molecule has 0 spiro atoms. The molecule has 1 unspecified atom stereocenters. The van der Waals surface area contributed by atoms with E-state index < -0.39 is 0 Å². The molecule has 3 aromatic carbocycles. The summed E-state index contributed by atoms with van der Waals surface area (Å²) in [5.41, 5.74) is 2.93. The molecule has 5 rings (SSSR count). The van der Waals surface area contributed by atoms with E-state index in [1.165, 1.54) is 17.1 Å². The maximum atomic E-state index is 13.5. The number of amides is 1. The van der Waals surface area contributed by atoms with Crippen molar-refractivity contribution < 1.29 is 9.53 Å². The normalized spacial score (nSPS) is 15.2. The highest BCUT2D eigenvalue weighted by Gasteiger charge is 2.33. The van der Waals surface area contributed by atoms with E-state index >= 15 is 0 Å². The SMILES string of the molecule is C=CCn1c(C)nnc1SCC(=O)N1N=C(c2ccc3ccccc3c2)CC1c1ccc(OC)cc1. The number of thioether (sulfide) groups is 1. The minimum Gasteiger partial charge on any atom is -0.497 e. The molecule has 8 heteroatoms. The summed E-state index contributed by atoms with van der Waals surface area (Å²) < 4.78 is 7.27. The number of carbonyl (C=O) groups is 1. The van der Waals surface area contributed by atoms with Crippen molar-refractivity contribution in [3.63, 3.8) is 0 Å². The van der Waals surface area contributed by atoms with Crippen LogP contribution in [0.15, 0.2) is 89.6 Å². The first-order valence-electron chi connectivity index (χ1n) is 11.7. The zero-order valence-corrected chi connectivity index (χ0v) is 21.1. The van der Waals surface area contributed by atoms with Gasteiger partial charge in [-0.15, -0.1) is 16.8 Å². The van der Waals surface area contributed by atoms with Gasteiger partial charge in [0.05, 0.1) is 24.6 Å². The highest BCUT2D eigenvalue weighted by atomic mass is 32.2. The van der Waals surface area contributed by atoms with Crippen LogP contribution in [0.2, 0.25) is 0 Å². The summed E-state index contributed by atoms with van der Waals surface area (Å²) in [6.07, 6.45) is 2.43. The fourth-order valence-electron chi connectivity index (χ4n) is 4.37. The Morgan fingerprint density at radius 3 is 2.64 bits per heavy atom. The molecule has 0 saturated heterocycles. The number of aryl methyl sites for hydroxylation is 1. The third kappa shape index (κ3) is 4.77. The van der Waals surface area contributed by atoms with Gasteiger partial charge in [-0.2, -0.15) is 5.10 Å². The largest absolute Gasteiger partial charge is 0.497 e. The average molecular weight is 498 g/mol. The van der Waals surface area contributed by atoms with Crippen molar-refractivity contribution in [3.05, 3.63) is 96.3 Å². The zero-order valence-electron chi connectivity index (χ0n) is 20.3. The van der Waals surface area contributed by atoms with Crippen molar-refractivity contribution in [1.29, 1.82) is 0 Å². The van der Waals surface area contributed by atoms with E-state index in [0.717, 1.165) is 33.8 Å². The van der Waals surface area contributed by atoms with E-state index in [1.54, 1.807) is 18.2 Å². The highest BCUT2D eigenvalue weighted by Crippen LogP contribution is 2.35. The third-order valence-electron chi connectivity index (χ3n) is 6.29. The lowest BCUT2D eigenvalue weighted by Crippen LogP contribution is -2.28. The van der Waals surface area contributed by atoms with E-state index in [0.29, 0.717) is 18.1 Å². The van der Waals surface area contributed by atoms with Crippen LogP contribution in [-0.2, 0) is 11.3 Å². The molecule has 1 aliphatic heterocycles. The van der Waals surface area contributed by atoms with Crippen molar-refractivity contribution in [2.45, 2.75) is 31.1 Å². The van der Waals surface area contributed by atoms with Crippen molar-refractivity contribution >= 4 is 34.2 Å². The predicted octanol–water partition coefficient (Wildman–Crippen LogP) is 5.40. The second kappa shape index (κ2) is 10.4. The molecule has 0 N–H and O–H groups in total. The van der Waals surface area contributed by atoms with Gasteiger partial charge in [-0.3, -0.25) is 4.79 Å². The number of methoxy groups -OCH3 is 1. The summed E-state index contributed by atoms with van der Waals surface area (Å²) in [5.74, 6) is 1.69. The Morgan fingerprint density at radius 1 is 1.11 bits per heavy atom. The van der Waals surface area contributed by atoms with Crippen molar-refractivity contribution in [1.82, 2.24) is 19.8 Å². The molecule has 2 heterocycles. The Morgan fingerprint density at radius 2 is 1.89 bits per heavy atom. The number of nitrogens with zero attached hydrogens (tertiary/aromatic N) is 5. The van der Waals surface area contributed by atoms with Crippen LogP contribution >= 0.6 is 11.8 Å². The molecule has 7 nitrogen and oxygen atoms in total. The molecule has 1 aliphatic rings. The molecule has 36 heavy (non-hydrogen) atoms. The van der Waals surface area contributed by atoms with Gasteiger partial charge in [0.2, 0.25) is 0 Å². The summed E-state index contributed by atoms with van der Waals surface area (Å²) in [4.78, 5) is 13.5. The molecule has 0 radical (unpaired) electrons. The molecule has 182 valence electrons. The summed E-state index contributed by atoms with van der Waals surface area (Å²) in [6, 6.07) is 22.2. The minimum atomic E-state index is -0.196. The summed E-state index contributed by atoms with van der Waals surface area (Å²) in [5, 5.41) is 17.9. The van der Waals surface area contributed by atoms with Crippen molar-refractivity contribution in [3.8, 4) is 5.75 Å². The number of allylic oxidation sites excluding steroid dienone is 1. The van der Waals surface area contributed by atoms with Crippen LogP contribution in [0.5, 0.6) is 5.75 Å². The molecule has 0 bridgehead atoms. The van der Waals surface area contributed by atoms with E-state index in [9.17, 15) is 4.79 Å². The predicted molar refractivity (Wildman–Crippen MR) is 143 cm³/mol. The number of hydrogen-bond acceptors (Lipinski definition) is 6. The summed E-state index contributed by atoms with van der Waals surface area (Å²) >= 11 is 1.37. The number of ether oxygens (including phenoxy) is 1. The lowest BCUT2D eigenvalue weighted by molar-refractivity contribution is -0.130. The van der Waals surface area contributed by atoms with Crippen LogP contribution < -0.4 is 4.74 Å². The Hall–Kier alpha value is -3.91. The smallest absolute Gasteiger partial charge is 0.253 e. The molecule has 0 saturated carbocycles. The topological polar surface area (TPSA) is 72.6 Å². The molecule has 1 amide bonds. The van der Waals surface area contributed by atoms with Crippen LogP contribution in [0.1, 0.15) is 29.4 Å². The number of fused-ring (bicyclic) bond motifs is 1. The van der Waals surface area contributed by atoms with Gasteiger partial charge >= 0.3 is 0 Å². The van der Waals surface area contributed by atoms with Crippen LogP contribution in [0.4, 0.5) is 0 Å². The maximum Gasteiger partial charge on any atom is 0.253 e. The monoisotopic (exact) mass is 497 g/mol. The first-order valence-corrected chi connectivity index (χ1v) is 12.7. The summed E-state index contributed by atoms with van der Waals surface area (Å²) in [7, 11) is 1.64.